The van der Waals surface area contributed by atoms with E-state index < -0.39 is 5.54 Å². The van der Waals surface area contributed by atoms with Gasteiger partial charge in [0.1, 0.15) is 17.1 Å². The Bertz CT molecular complexity index is 636. The second-order valence-electron chi connectivity index (χ2n) is 8.26. The number of ether oxygens (including phenoxy) is 1. The standard InChI is InChI=1S/C20H33N3O3/c1-5-25-17-12-20(21,19(17,3)4)18(24)22-13-15(23-10-6-7-11-23)16-9-8-14(2)26-16/h8-9,15,17H,5-7,10-13,21H2,1-4H3,(H,22,24). The van der Waals surface area contributed by atoms with Gasteiger partial charge in [-0.15, -0.1) is 0 Å². The summed E-state index contributed by atoms with van der Waals surface area (Å²) in [5.74, 6) is 1.72. The highest BCUT2D eigenvalue weighted by Crippen LogP contribution is 2.49. The number of nitrogens with two attached hydrogens (primary N) is 1. The number of nitrogens with one attached hydrogen (secondary N) is 1. The maximum Gasteiger partial charge on any atom is 0.240 e. The summed E-state index contributed by atoms with van der Waals surface area (Å²) >= 11 is 0. The van der Waals surface area contributed by atoms with Crippen LogP contribution in [0.3, 0.4) is 0 Å². The lowest BCUT2D eigenvalue weighted by Crippen LogP contribution is -2.76. The van der Waals surface area contributed by atoms with Gasteiger partial charge >= 0.3 is 0 Å². The third kappa shape index (κ3) is 3.30. The molecule has 3 atom stereocenters. The van der Waals surface area contributed by atoms with E-state index in [-0.39, 0.29) is 23.5 Å². The average Bonchev–Trinajstić information content (AvgIpc) is 3.27. The molecule has 2 fully saturated rings. The number of hydrogen-bond donors (Lipinski definition) is 2. The number of amides is 1. The summed E-state index contributed by atoms with van der Waals surface area (Å²) in [5, 5.41) is 3.11. The van der Waals surface area contributed by atoms with Crippen LogP contribution in [0.1, 0.15) is 57.6 Å². The molecule has 0 bridgehead atoms. The fraction of sp³-hybridized carbons (Fsp3) is 0.750. The Hall–Kier alpha value is -1.37. The monoisotopic (exact) mass is 363 g/mol. The van der Waals surface area contributed by atoms with E-state index in [4.69, 9.17) is 14.9 Å². The number of carbonyl (C=O) groups is 1. The molecule has 1 aliphatic heterocycles. The third-order valence-corrected chi connectivity index (χ3v) is 6.36. The van der Waals surface area contributed by atoms with Crippen molar-refractivity contribution in [2.45, 2.75) is 64.6 Å². The normalized spacial score (nSPS) is 29.3. The van der Waals surface area contributed by atoms with E-state index in [1.54, 1.807) is 0 Å². The average molecular weight is 364 g/mol. The van der Waals surface area contributed by atoms with Crippen LogP contribution in [0.2, 0.25) is 0 Å². The van der Waals surface area contributed by atoms with Crippen LogP contribution in [-0.2, 0) is 9.53 Å². The van der Waals surface area contributed by atoms with E-state index in [1.165, 1.54) is 12.8 Å². The number of carbonyl (C=O) groups excluding carboxylic acids is 1. The third-order valence-electron chi connectivity index (χ3n) is 6.36. The predicted octanol–water partition coefficient (Wildman–Crippen LogP) is 2.37. The quantitative estimate of drug-likeness (QED) is 0.777. The molecule has 26 heavy (non-hydrogen) atoms. The summed E-state index contributed by atoms with van der Waals surface area (Å²) in [6.07, 6.45) is 2.97. The van der Waals surface area contributed by atoms with Gasteiger partial charge in [-0.05, 0) is 51.9 Å². The molecule has 6 nitrogen and oxygen atoms in total. The first-order chi connectivity index (χ1) is 12.3. The fourth-order valence-electron chi connectivity index (χ4n) is 4.26. The highest BCUT2D eigenvalue weighted by molar-refractivity contribution is 5.88. The molecule has 1 amide bonds. The van der Waals surface area contributed by atoms with Crippen molar-refractivity contribution < 1.29 is 13.9 Å². The van der Waals surface area contributed by atoms with Crippen molar-refractivity contribution in [3.05, 3.63) is 23.7 Å². The highest BCUT2D eigenvalue weighted by atomic mass is 16.5. The molecule has 3 rings (SSSR count). The maximum absolute atomic E-state index is 12.9. The van der Waals surface area contributed by atoms with Crippen LogP contribution < -0.4 is 11.1 Å². The fourth-order valence-corrected chi connectivity index (χ4v) is 4.26. The molecule has 1 saturated carbocycles. The van der Waals surface area contributed by atoms with E-state index >= 15 is 0 Å². The molecule has 0 aromatic carbocycles. The van der Waals surface area contributed by atoms with Crippen molar-refractivity contribution in [1.82, 2.24) is 10.2 Å². The van der Waals surface area contributed by atoms with Crippen molar-refractivity contribution >= 4 is 5.91 Å². The number of likely N-dealkylation sites (tertiary alicyclic amines) is 1. The lowest BCUT2D eigenvalue weighted by atomic mass is 9.54. The Kier molecular flexibility index (Phi) is 5.47. The largest absolute Gasteiger partial charge is 0.465 e. The zero-order chi connectivity index (χ0) is 18.9. The predicted molar refractivity (Wildman–Crippen MR) is 101 cm³/mol. The Labute approximate surface area is 156 Å². The minimum atomic E-state index is -0.887. The maximum atomic E-state index is 12.9. The summed E-state index contributed by atoms with van der Waals surface area (Å²) in [6, 6.07) is 4.05. The number of rotatable bonds is 7. The number of furan rings is 1. The summed E-state index contributed by atoms with van der Waals surface area (Å²) in [7, 11) is 0. The topological polar surface area (TPSA) is 80.7 Å². The molecule has 1 aliphatic carbocycles. The van der Waals surface area contributed by atoms with Crippen molar-refractivity contribution in [3.63, 3.8) is 0 Å². The zero-order valence-corrected chi connectivity index (χ0v) is 16.5. The van der Waals surface area contributed by atoms with Crippen LogP contribution in [0.15, 0.2) is 16.5 Å². The first kappa shape index (κ1) is 19.4. The van der Waals surface area contributed by atoms with Crippen LogP contribution in [0.4, 0.5) is 0 Å². The first-order valence-corrected chi connectivity index (χ1v) is 9.78. The van der Waals surface area contributed by atoms with Gasteiger partial charge in [0.25, 0.3) is 0 Å². The molecule has 1 saturated heterocycles. The van der Waals surface area contributed by atoms with Gasteiger partial charge in [0.15, 0.2) is 0 Å². The van der Waals surface area contributed by atoms with Gasteiger partial charge in [-0.1, -0.05) is 13.8 Å². The summed E-state index contributed by atoms with van der Waals surface area (Å²) in [6.45, 7) is 11.2. The van der Waals surface area contributed by atoms with Gasteiger partial charge < -0.3 is 20.2 Å². The number of aryl methyl sites for hydroxylation is 1. The van der Waals surface area contributed by atoms with E-state index in [1.807, 2.05) is 39.8 Å². The van der Waals surface area contributed by atoms with Gasteiger partial charge in [0.2, 0.25) is 5.91 Å². The van der Waals surface area contributed by atoms with Crippen molar-refractivity contribution in [1.29, 1.82) is 0 Å². The van der Waals surface area contributed by atoms with Crippen LogP contribution in [-0.4, -0.2) is 48.7 Å². The van der Waals surface area contributed by atoms with Gasteiger partial charge in [-0.3, -0.25) is 9.69 Å². The van der Waals surface area contributed by atoms with Crippen LogP contribution in [0.5, 0.6) is 0 Å². The summed E-state index contributed by atoms with van der Waals surface area (Å²) in [5.41, 5.74) is 5.23. The first-order valence-electron chi connectivity index (χ1n) is 9.78. The lowest BCUT2D eigenvalue weighted by molar-refractivity contribution is -0.170. The Morgan fingerprint density at radius 1 is 1.42 bits per heavy atom. The van der Waals surface area contributed by atoms with Crippen LogP contribution in [0, 0.1) is 12.3 Å². The smallest absolute Gasteiger partial charge is 0.240 e. The molecule has 2 aliphatic rings. The van der Waals surface area contributed by atoms with E-state index in [0.717, 1.165) is 24.6 Å². The lowest BCUT2D eigenvalue weighted by Gasteiger charge is -2.57. The Balaban J connectivity index is 1.66. The van der Waals surface area contributed by atoms with Gasteiger partial charge in [0, 0.05) is 25.0 Å². The van der Waals surface area contributed by atoms with Crippen LogP contribution in [0.25, 0.3) is 0 Å². The molecule has 2 heterocycles. The van der Waals surface area contributed by atoms with Crippen molar-refractivity contribution in [3.8, 4) is 0 Å². The molecule has 3 N–H and O–H groups in total. The number of nitrogens with zero attached hydrogens (tertiary/aromatic N) is 1. The van der Waals surface area contributed by atoms with Crippen LogP contribution >= 0.6 is 0 Å². The minimum Gasteiger partial charge on any atom is -0.465 e. The van der Waals surface area contributed by atoms with E-state index in [9.17, 15) is 4.79 Å². The summed E-state index contributed by atoms with van der Waals surface area (Å²) in [4.78, 5) is 15.3. The van der Waals surface area contributed by atoms with Crippen molar-refractivity contribution in [2.24, 2.45) is 11.1 Å². The SMILES string of the molecule is CCOC1CC(N)(C(=O)NCC(c2ccc(C)o2)N2CCCC2)C1(C)C. The molecule has 1 aromatic heterocycles. The molecule has 0 spiro atoms. The van der Waals surface area contributed by atoms with Gasteiger partial charge in [-0.25, -0.2) is 0 Å². The van der Waals surface area contributed by atoms with E-state index in [0.29, 0.717) is 19.6 Å². The summed E-state index contributed by atoms with van der Waals surface area (Å²) < 4.78 is 11.6. The second-order valence-corrected chi connectivity index (χ2v) is 8.26. The van der Waals surface area contributed by atoms with Gasteiger partial charge in [0.05, 0.1) is 12.1 Å². The van der Waals surface area contributed by atoms with Crippen molar-refractivity contribution in [2.75, 3.05) is 26.2 Å². The molecule has 0 radical (unpaired) electrons. The molecular weight excluding hydrogens is 330 g/mol. The zero-order valence-electron chi connectivity index (χ0n) is 16.5. The van der Waals surface area contributed by atoms with Gasteiger partial charge in [-0.2, -0.15) is 0 Å². The molecule has 6 heteroatoms. The molecule has 146 valence electrons. The Morgan fingerprint density at radius 3 is 2.65 bits per heavy atom. The minimum absolute atomic E-state index is 0.0327. The number of hydrogen-bond acceptors (Lipinski definition) is 5. The molecule has 3 unspecified atom stereocenters. The second kappa shape index (κ2) is 7.33. The highest BCUT2D eigenvalue weighted by Gasteiger charge is 2.62. The molecular formula is C20H33N3O3. The Morgan fingerprint density at radius 2 is 2.12 bits per heavy atom. The molecule has 1 aromatic rings. The van der Waals surface area contributed by atoms with E-state index in [2.05, 4.69) is 10.2 Å².